The minimum absolute atomic E-state index is 0.0761. The monoisotopic (exact) mass is 382 g/mol. The number of hydrogen-bond donors (Lipinski definition) is 1. The molecule has 7 nitrogen and oxygen atoms in total. The molecule has 1 saturated heterocycles. The number of nitrogens with zero attached hydrogens (tertiary/aromatic N) is 3. The van der Waals surface area contributed by atoms with Gasteiger partial charge < -0.3 is 10.2 Å². The maximum atomic E-state index is 12.4. The molecule has 1 aliphatic heterocycles. The lowest BCUT2D eigenvalue weighted by atomic mass is 10.2. The summed E-state index contributed by atoms with van der Waals surface area (Å²) in [6.07, 6.45) is 1.25. The van der Waals surface area contributed by atoms with Crippen molar-refractivity contribution < 1.29 is 9.72 Å². The van der Waals surface area contributed by atoms with Crippen molar-refractivity contribution >= 4 is 17.3 Å². The van der Waals surface area contributed by atoms with E-state index in [1.165, 1.54) is 17.7 Å². The number of nitro groups is 1. The molecule has 0 radical (unpaired) electrons. The van der Waals surface area contributed by atoms with Gasteiger partial charge in [-0.1, -0.05) is 30.3 Å². The van der Waals surface area contributed by atoms with Crippen LogP contribution in [-0.4, -0.2) is 53.4 Å². The number of rotatable bonds is 8. The highest BCUT2D eigenvalue weighted by Gasteiger charge is 2.20. The predicted molar refractivity (Wildman–Crippen MR) is 109 cm³/mol. The topological polar surface area (TPSA) is 78.7 Å². The van der Waals surface area contributed by atoms with Gasteiger partial charge in [0.25, 0.3) is 5.69 Å². The second kappa shape index (κ2) is 9.85. The standard InChI is InChI=1S/C21H26N4O3/c26-21(7-4-12-22-19-8-10-20(11-9-19)25(27)28)24-15-13-23(14-16-24)17-18-5-2-1-3-6-18/h1-3,5-6,8-11,22H,4,7,12-17H2. The highest BCUT2D eigenvalue weighted by molar-refractivity contribution is 5.76. The highest BCUT2D eigenvalue weighted by atomic mass is 16.6. The number of nitrogens with one attached hydrogen (secondary N) is 1. The molecule has 0 unspecified atom stereocenters. The molecule has 0 aromatic heterocycles. The van der Waals surface area contributed by atoms with E-state index in [4.69, 9.17) is 0 Å². The first-order valence-corrected chi connectivity index (χ1v) is 9.64. The minimum Gasteiger partial charge on any atom is -0.385 e. The molecule has 1 fully saturated rings. The quantitative estimate of drug-likeness (QED) is 0.431. The highest BCUT2D eigenvalue weighted by Crippen LogP contribution is 2.15. The minimum atomic E-state index is -0.415. The summed E-state index contributed by atoms with van der Waals surface area (Å²) in [4.78, 5) is 27.0. The van der Waals surface area contributed by atoms with Gasteiger partial charge in [0.05, 0.1) is 4.92 Å². The summed E-state index contributed by atoms with van der Waals surface area (Å²) in [5, 5.41) is 13.9. The maximum Gasteiger partial charge on any atom is 0.269 e. The van der Waals surface area contributed by atoms with Gasteiger partial charge in [0.15, 0.2) is 0 Å². The molecule has 2 aromatic carbocycles. The van der Waals surface area contributed by atoms with Crippen molar-refractivity contribution in [1.29, 1.82) is 0 Å². The molecular formula is C21H26N4O3. The Bertz CT molecular complexity index is 772. The van der Waals surface area contributed by atoms with Crippen LogP contribution in [0.15, 0.2) is 54.6 Å². The third kappa shape index (κ3) is 5.79. The van der Waals surface area contributed by atoms with Crippen molar-refractivity contribution in [3.8, 4) is 0 Å². The van der Waals surface area contributed by atoms with Crippen LogP contribution in [0.25, 0.3) is 0 Å². The van der Waals surface area contributed by atoms with Crippen molar-refractivity contribution in [2.75, 3.05) is 38.0 Å². The van der Waals surface area contributed by atoms with E-state index in [9.17, 15) is 14.9 Å². The Hall–Kier alpha value is -2.93. The van der Waals surface area contributed by atoms with E-state index in [0.29, 0.717) is 13.0 Å². The van der Waals surface area contributed by atoms with Gasteiger partial charge in [-0.15, -0.1) is 0 Å². The first-order valence-electron chi connectivity index (χ1n) is 9.64. The Balaban J connectivity index is 1.33. The van der Waals surface area contributed by atoms with Crippen LogP contribution in [0.5, 0.6) is 0 Å². The van der Waals surface area contributed by atoms with Crippen molar-refractivity contribution in [1.82, 2.24) is 9.80 Å². The average molecular weight is 382 g/mol. The normalized spacial score (nSPS) is 14.6. The second-order valence-corrected chi connectivity index (χ2v) is 6.98. The lowest BCUT2D eigenvalue weighted by Crippen LogP contribution is -2.48. The fourth-order valence-corrected chi connectivity index (χ4v) is 3.33. The number of anilines is 1. The molecule has 3 rings (SSSR count). The molecule has 2 aromatic rings. The van der Waals surface area contributed by atoms with Crippen LogP contribution in [0, 0.1) is 10.1 Å². The summed E-state index contributed by atoms with van der Waals surface area (Å²) >= 11 is 0. The summed E-state index contributed by atoms with van der Waals surface area (Å²) in [6, 6.07) is 16.7. The van der Waals surface area contributed by atoms with Gasteiger partial charge in [0.1, 0.15) is 0 Å². The van der Waals surface area contributed by atoms with Crippen LogP contribution in [0.1, 0.15) is 18.4 Å². The largest absolute Gasteiger partial charge is 0.385 e. The van der Waals surface area contributed by atoms with Gasteiger partial charge in [-0.2, -0.15) is 0 Å². The van der Waals surface area contributed by atoms with E-state index < -0.39 is 4.92 Å². The molecule has 1 aliphatic rings. The van der Waals surface area contributed by atoms with Crippen LogP contribution >= 0.6 is 0 Å². The van der Waals surface area contributed by atoms with Crippen LogP contribution < -0.4 is 5.32 Å². The molecule has 0 aliphatic carbocycles. The summed E-state index contributed by atoms with van der Waals surface area (Å²) in [5.41, 5.74) is 2.21. The van der Waals surface area contributed by atoms with Gasteiger partial charge in [0.2, 0.25) is 5.91 Å². The molecule has 7 heteroatoms. The van der Waals surface area contributed by atoms with E-state index in [1.807, 2.05) is 11.0 Å². The van der Waals surface area contributed by atoms with Crippen molar-refractivity contribution in [2.45, 2.75) is 19.4 Å². The SMILES string of the molecule is O=C(CCCNc1ccc([N+](=O)[O-])cc1)N1CCN(Cc2ccccc2)CC1. The van der Waals surface area contributed by atoms with Crippen LogP contribution in [0.4, 0.5) is 11.4 Å². The molecule has 1 amide bonds. The molecule has 1 N–H and O–H groups in total. The Morgan fingerprint density at radius 2 is 1.68 bits per heavy atom. The molecule has 0 bridgehead atoms. The third-order valence-electron chi connectivity index (χ3n) is 4.95. The average Bonchev–Trinajstić information content (AvgIpc) is 2.72. The first-order chi connectivity index (χ1) is 13.6. The number of carbonyl (C=O) groups excluding carboxylic acids is 1. The lowest BCUT2D eigenvalue weighted by molar-refractivity contribution is -0.384. The lowest BCUT2D eigenvalue weighted by Gasteiger charge is -2.34. The Labute approximate surface area is 165 Å². The number of benzene rings is 2. The van der Waals surface area contributed by atoms with Gasteiger partial charge in [0, 0.05) is 63.5 Å². The number of carbonyl (C=O) groups is 1. The van der Waals surface area contributed by atoms with Gasteiger partial charge in [-0.3, -0.25) is 19.8 Å². The van der Waals surface area contributed by atoms with Crippen molar-refractivity contribution in [3.05, 3.63) is 70.3 Å². The van der Waals surface area contributed by atoms with Gasteiger partial charge >= 0.3 is 0 Å². The zero-order valence-electron chi connectivity index (χ0n) is 15.9. The number of amides is 1. The summed E-state index contributed by atoms with van der Waals surface area (Å²) in [6.45, 7) is 4.96. The van der Waals surface area contributed by atoms with Crippen LogP contribution in [0.2, 0.25) is 0 Å². The van der Waals surface area contributed by atoms with Crippen molar-refractivity contribution in [3.63, 3.8) is 0 Å². The van der Waals surface area contributed by atoms with Crippen LogP contribution in [0.3, 0.4) is 0 Å². The van der Waals surface area contributed by atoms with E-state index in [1.54, 1.807) is 12.1 Å². The fraction of sp³-hybridized carbons (Fsp3) is 0.381. The third-order valence-corrected chi connectivity index (χ3v) is 4.95. The fourth-order valence-electron chi connectivity index (χ4n) is 3.33. The molecule has 148 valence electrons. The maximum absolute atomic E-state index is 12.4. The molecule has 1 heterocycles. The van der Waals surface area contributed by atoms with E-state index in [2.05, 4.69) is 34.5 Å². The van der Waals surface area contributed by atoms with E-state index in [0.717, 1.165) is 44.8 Å². The summed E-state index contributed by atoms with van der Waals surface area (Å²) < 4.78 is 0. The number of non-ortho nitro benzene ring substituents is 1. The summed E-state index contributed by atoms with van der Waals surface area (Å²) in [7, 11) is 0. The Morgan fingerprint density at radius 3 is 2.32 bits per heavy atom. The first kappa shape index (κ1) is 19.8. The molecule has 0 spiro atoms. The van der Waals surface area contributed by atoms with Crippen molar-refractivity contribution in [2.24, 2.45) is 0 Å². The zero-order chi connectivity index (χ0) is 19.8. The number of piperazine rings is 1. The number of hydrogen-bond acceptors (Lipinski definition) is 5. The molecular weight excluding hydrogens is 356 g/mol. The Morgan fingerprint density at radius 1 is 1.00 bits per heavy atom. The van der Waals surface area contributed by atoms with Crippen LogP contribution in [-0.2, 0) is 11.3 Å². The smallest absolute Gasteiger partial charge is 0.269 e. The molecule has 0 atom stereocenters. The number of nitro benzene ring substituents is 1. The molecule has 0 saturated carbocycles. The van der Waals surface area contributed by atoms with Gasteiger partial charge in [-0.05, 0) is 24.1 Å². The predicted octanol–water partition coefficient (Wildman–Crippen LogP) is 3.13. The Kier molecular flexibility index (Phi) is 6.97. The van der Waals surface area contributed by atoms with Gasteiger partial charge in [-0.25, -0.2) is 0 Å². The summed E-state index contributed by atoms with van der Waals surface area (Å²) in [5.74, 6) is 0.199. The second-order valence-electron chi connectivity index (χ2n) is 6.98. The zero-order valence-corrected chi connectivity index (χ0v) is 15.9. The van der Waals surface area contributed by atoms with E-state index in [-0.39, 0.29) is 11.6 Å². The molecule has 28 heavy (non-hydrogen) atoms. The van der Waals surface area contributed by atoms with E-state index >= 15 is 0 Å².